The molecular formula is C12H20FNO. The third-order valence-electron chi connectivity index (χ3n) is 3.27. The minimum absolute atomic E-state index is 0.0476. The highest BCUT2D eigenvalue weighted by atomic mass is 19.1. The number of halogens is 1. The fraction of sp³-hybridized carbons (Fsp3) is 0.750. The number of hydrogen-bond acceptors (Lipinski definition) is 1. The molecule has 1 amide bonds. The maximum Gasteiger partial charge on any atom is 0.246 e. The van der Waals surface area contributed by atoms with Gasteiger partial charge in [0.25, 0.3) is 0 Å². The normalized spacial score (nSPS) is 31.8. The Kier molecular flexibility index (Phi) is 3.53. The zero-order chi connectivity index (χ0) is 11.6. The lowest BCUT2D eigenvalue weighted by Gasteiger charge is -2.42. The average molecular weight is 213 g/mol. The van der Waals surface area contributed by atoms with Crippen molar-refractivity contribution in [3.05, 3.63) is 12.7 Å². The molecule has 0 N–H and O–H groups in total. The molecule has 1 heterocycles. The van der Waals surface area contributed by atoms with Crippen molar-refractivity contribution in [2.75, 3.05) is 13.1 Å². The molecule has 0 aromatic rings. The van der Waals surface area contributed by atoms with Gasteiger partial charge < -0.3 is 4.90 Å². The van der Waals surface area contributed by atoms with E-state index in [9.17, 15) is 9.18 Å². The number of carbonyl (C=O) groups is 1. The number of alkyl halides is 1. The summed E-state index contributed by atoms with van der Waals surface area (Å²) >= 11 is 0. The molecule has 0 aromatic carbocycles. The standard InChI is InChI=1S/C12H20FNO/c1-5-11(15)14-7-6-10(9(2)3)12(4,13)8-14/h5,9-10H,1,6-8H2,2-4H3. The quantitative estimate of drug-likeness (QED) is 0.645. The van der Waals surface area contributed by atoms with E-state index in [0.29, 0.717) is 12.5 Å². The van der Waals surface area contributed by atoms with Gasteiger partial charge in [0, 0.05) is 6.54 Å². The van der Waals surface area contributed by atoms with Gasteiger partial charge in [0.05, 0.1) is 6.54 Å². The SMILES string of the molecule is C=CC(=O)N1CCC(C(C)C)C(C)(F)C1. The van der Waals surface area contributed by atoms with Gasteiger partial charge in [-0.1, -0.05) is 20.4 Å². The predicted molar refractivity (Wildman–Crippen MR) is 59.2 cm³/mol. The van der Waals surface area contributed by atoms with E-state index < -0.39 is 5.67 Å². The second-order valence-corrected chi connectivity index (χ2v) is 4.88. The highest BCUT2D eigenvalue weighted by molar-refractivity contribution is 5.87. The van der Waals surface area contributed by atoms with Gasteiger partial charge in [-0.3, -0.25) is 4.79 Å². The van der Waals surface area contributed by atoms with Crippen LogP contribution in [0, 0.1) is 11.8 Å². The molecule has 0 bridgehead atoms. The Labute approximate surface area is 91.1 Å². The number of nitrogens with zero attached hydrogens (tertiary/aromatic N) is 1. The molecule has 2 atom stereocenters. The molecule has 2 unspecified atom stereocenters. The molecule has 1 aliphatic heterocycles. The number of likely N-dealkylation sites (tertiary alicyclic amines) is 1. The summed E-state index contributed by atoms with van der Waals surface area (Å²) in [6.45, 7) is 9.93. The Morgan fingerprint density at radius 2 is 2.27 bits per heavy atom. The first-order valence-corrected chi connectivity index (χ1v) is 5.48. The molecule has 1 fully saturated rings. The van der Waals surface area contributed by atoms with Crippen LogP contribution in [-0.4, -0.2) is 29.6 Å². The van der Waals surface area contributed by atoms with E-state index in [4.69, 9.17) is 0 Å². The summed E-state index contributed by atoms with van der Waals surface area (Å²) in [5, 5.41) is 0. The van der Waals surface area contributed by atoms with E-state index in [-0.39, 0.29) is 18.4 Å². The lowest BCUT2D eigenvalue weighted by atomic mass is 9.77. The van der Waals surface area contributed by atoms with Crippen LogP contribution in [0.15, 0.2) is 12.7 Å². The zero-order valence-electron chi connectivity index (χ0n) is 9.79. The van der Waals surface area contributed by atoms with Crippen LogP contribution in [0.25, 0.3) is 0 Å². The van der Waals surface area contributed by atoms with Gasteiger partial charge in [0.1, 0.15) is 5.67 Å². The van der Waals surface area contributed by atoms with Crippen molar-refractivity contribution in [3.63, 3.8) is 0 Å². The van der Waals surface area contributed by atoms with Gasteiger partial charge in [-0.05, 0) is 31.3 Å². The number of piperidine rings is 1. The first kappa shape index (κ1) is 12.2. The highest BCUT2D eigenvalue weighted by Gasteiger charge is 2.42. The van der Waals surface area contributed by atoms with Crippen molar-refractivity contribution in [2.24, 2.45) is 11.8 Å². The molecule has 1 rings (SSSR count). The van der Waals surface area contributed by atoms with Crippen LogP contribution in [0.4, 0.5) is 4.39 Å². The summed E-state index contributed by atoms with van der Waals surface area (Å²) in [6, 6.07) is 0. The van der Waals surface area contributed by atoms with E-state index in [1.165, 1.54) is 6.08 Å². The van der Waals surface area contributed by atoms with Crippen molar-refractivity contribution in [3.8, 4) is 0 Å². The van der Waals surface area contributed by atoms with Gasteiger partial charge in [-0.25, -0.2) is 4.39 Å². The molecule has 86 valence electrons. The molecule has 0 aromatic heterocycles. The summed E-state index contributed by atoms with van der Waals surface area (Å²) in [7, 11) is 0. The van der Waals surface area contributed by atoms with E-state index in [1.54, 1.807) is 11.8 Å². The lowest BCUT2D eigenvalue weighted by molar-refractivity contribution is -0.132. The van der Waals surface area contributed by atoms with Crippen molar-refractivity contribution < 1.29 is 9.18 Å². The molecule has 1 aliphatic rings. The summed E-state index contributed by atoms with van der Waals surface area (Å²) in [6.07, 6.45) is 2.00. The monoisotopic (exact) mass is 213 g/mol. The smallest absolute Gasteiger partial charge is 0.246 e. The van der Waals surface area contributed by atoms with Crippen LogP contribution in [0.2, 0.25) is 0 Å². The Morgan fingerprint density at radius 3 is 2.67 bits per heavy atom. The van der Waals surface area contributed by atoms with Gasteiger partial charge in [-0.2, -0.15) is 0 Å². The van der Waals surface area contributed by atoms with Gasteiger partial charge in [-0.15, -0.1) is 0 Å². The van der Waals surface area contributed by atoms with Crippen molar-refractivity contribution in [1.82, 2.24) is 4.90 Å². The molecule has 0 aliphatic carbocycles. The van der Waals surface area contributed by atoms with Gasteiger partial charge >= 0.3 is 0 Å². The zero-order valence-corrected chi connectivity index (χ0v) is 9.79. The largest absolute Gasteiger partial charge is 0.336 e. The summed E-state index contributed by atoms with van der Waals surface area (Å²) in [4.78, 5) is 12.9. The minimum Gasteiger partial charge on any atom is -0.336 e. The van der Waals surface area contributed by atoms with E-state index in [1.807, 2.05) is 13.8 Å². The van der Waals surface area contributed by atoms with Crippen LogP contribution in [0.1, 0.15) is 27.2 Å². The summed E-state index contributed by atoms with van der Waals surface area (Å²) in [5.74, 6) is 0.202. The van der Waals surface area contributed by atoms with Crippen LogP contribution < -0.4 is 0 Å². The Bertz CT molecular complexity index is 260. The fourth-order valence-corrected chi connectivity index (χ4v) is 2.51. The third kappa shape index (κ3) is 2.58. The second-order valence-electron chi connectivity index (χ2n) is 4.88. The Morgan fingerprint density at radius 1 is 1.67 bits per heavy atom. The maximum atomic E-state index is 14.3. The summed E-state index contributed by atoms with van der Waals surface area (Å²) in [5.41, 5.74) is -1.27. The minimum atomic E-state index is -1.27. The molecule has 15 heavy (non-hydrogen) atoms. The average Bonchev–Trinajstić information content (AvgIpc) is 2.14. The van der Waals surface area contributed by atoms with Crippen molar-refractivity contribution in [2.45, 2.75) is 32.9 Å². The van der Waals surface area contributed by atoms with E-state index in [2.05, 4.69) is 6.58 Å². The lowest BCUT2D eigenvalue weighted by Crippen LogP contribution is -2.52. The van der Waals surface area contributed by atoms with Crippen LogP contribution in [0.3, 0.4) is 0 Å². The van der Waals surface area contributed by atoms with E-state index >= 15 is 0 Å². The number of carbonyl (C=O) groups excluding carboxylic acids is 1. The first-order valence-electron chi connectivity index (χ1n) is 5.48. The van der Waals surface area contributed by atoms with Gasteiger partial charge in [0.2, 0.25) is 5.91 Å². The number of rotatable bonds is 2. The van der Waals surface area contributed by atoms with Gasteiger partial charge in [0.15, 0.2) is 0 Å². The summed E-state index contributed by atoms with van der Waals surface area (Å²) < 4.78 is 14.3. The van der Waals surface area contributed by atoms with Crippen LogP contribution in [-0.2, 0) is 4.79 Å². The molecule has 0 radical (unpaired) electrons. The van der Waals surface area contributed by atoms with Crippen LogP contribution in [0.5, 0.6) is 0 Å². The number of hydrogen-bond donors (Lipinski definition) is 0. The van der Waals surface area contributed by atoms with E-state index in [0.717, 1.165) is 6.42 Å². The second kappa shape index (κ2) is 4.33. The molecular weight excluding hydrogens is 193 g/mol. The molecule has 1 saturated heterocycles. The molecule has 0 spiro atoms. The third-order valence-corrected chi connectivity index (χ3v) is 3.27. The maximum absolute atomic E-state index is 14.3. The first-order chi connectivity index (χ1) is 6.88. The van der Waals surface area contributed by atoms with Crippen LogP contribution >= 0.6 is 0 Å². The number of amides is 1. The predicted octanol–water partition coefficient (Wildman–Crippen LogP) is 2.41. The Balaban J connectivity index is 2.72. The molecule has 0 saturated carbocycles. The molecule has 3 heteroatoms. The topological polar surface area (TPSA) is 20.3 Å². The highest BCUT2D eigenvalue weighted by Crippen LogP contribution is 2.36. The van der Waals surface area contributed by atoms with Crippen molar-refractivity contribution in [1.29, 1.82) is 0 Å². The Hall–Kier alpha value is -0.860. The fourth-order valence-electron chi connectivity index (χ4n) is 2.51. The van der Waals surface area contributed by atoms with Crippen molar-refractivity contribution >= 4 is 5.91 Å². The molecule has 2 nitrogen and oxygen atoms in total.